The van der Waals surface area contributed by atoms with Gasteiger partial charge in [0, 0.05) is 19.2 Å². The SMILES string of the molecule is COc1cccc(CNC(=O)N2CCCC2c2nc(-c3ccc(F)cc3F)no2)c1. The minimum atomic E-state index is -0.776. The van der Waals surface area contributed by atoms with Crippen molar-refractivity contribution in [3.05, 3.63) is 65.6 Å². The lowest BCUT2D eigenvalue weighted by molar-refractivity contribution is 0.180. The van der Waals surface area contributed by atoms with E-state index < -0.39 is 17.7 Å². The Morgan fingerprint density at radius 2 is 2.17 bits per heavy atom. The second-order valence-electron chi connectivity index (χ2n) is 6.94. The molecule has 0 bridgehead atoms. The van der Waals surface area contributed by atoms with Crippen LogP contribution in [0.25, 0.3) is 11.4 Å². The Morgan fingerprint density at radius 3 is 2.97 bits per heavy atom. The standard InChI is InChI=1S/C21H20F2N4O3/c1-29-15-5-2-4-13(10-15)12-24-21(28)27-9-3-6-18(27)20-25-19(26-30-20)16-8-7-14(22)11-17(16)23/h2,4-5,7-8,10-11,18H,3,6,9,12H2,1H3,(H,24,28). The minimum absolute atomic E-state index is 0.0196. The number of amides is 2. The number of nitrogens with zero attached hydrogens (tertiary/aromatic N) is 3. The Balaban J connectivity index is 1.45. The average Bonchev–Trinajstić information content (AvgIpc) is 3.41. The fraction of sp³-hybridized carbons (Fsp3) is 0.286. The van der Waals surface area contributed by atoms with Crippen molar-refractivity contribution < 1.29 is 22.8 Å². The maximum absolute atomic E-state index is 14.0. The number of ether oxygens (including phenoxy) is 1. The van der Waals surface area contributed by atoms with E-state index in [0.29, 0.717) is 25.3 Å². The van der Waals surface area contributed by atoms with E-state index in [1.165, 1.54) is 6.07 Å². The molecule has 30 heavy (non-hydrogen) atoms. The van der Waals surface area contributed by atoms with Crippen LogP contribution in [-0.2, 0) is 6.54 Å². The molecule has 1 aliphatic heterocycles. The van der Waals surface area contributed by atoms with E-state index in [2.05, 4.69) is 15.5 Å². The first kappa shape index (κ1) is 19.8. The molecule has 0 saturated carbocycles. The molecule has 1 saturated heterocycles. The molecule has 3 aromatic rings. The number of carbonyl (C=O) groups excluding carboxylic acids is 1. The third-order valence-electron chi connectivity index (χ3n) is 4.99. The quantitative estimate of drug-likeness (QED) is 0.681. The maximum atomic E-state index is 14.0. The fourth-order valence-corrected chi connectivity index (χ4v) is 3.48. The topological polar surface area (TPSA) is 80.5 Å². The van der Waals surface area contributed by atoms with Crippen LogP contribution in [-0.4, -0.2) is 34.7 Å². The van der Waals surface area contributed by atoms with Gasteiger partial charge in [-0.25, -0.2) is 13.6 Å². The van der Waals surface area contributed by atoms with E-state index in [4.69, 9.17) is 9.26 Å². The number of likely N-dealkylation sites (tertiary alicyclic amines) is 1. The molecule has 2 aromatic carbocycles. The first-order valence-corrected chi connectivity index (χ1v) is 9.51. The van der Waals surface area contributed by atoms with Crippen molar-refractivity contribution in [3.8, 4) is 17.1 Å². The number of benzene rings is 2. The monoisotopic (exact) mass is 414 g/mol. The highest BCUT2D eigenvalue weighted by molar-refractivity contribution is 5.75. The van der Waals surface area contributed by atoms with Gasteiger partial charge in [-0.15, -0.1) is 0 Å². The number of halogens is 2. The molecule has 1 N–H and O–H groups in total. The first-order chi connectivity index (χ1) is 14.5. The highest BCUT2D eigenvalue weighted by atomic mass is 19.1. The van der Waals surface area contributed by atoms with Gasteiger partial charge >= 0.3 is 6.03 Å². The van der Waals surface area contributed by atoms with Crippen molar-refractivity contribution in [1.29, 1.82) is 0 Å². The van der Waals surface area contributed by atoms with Crippen LogP contribution in [0.1, 0.15) is 30.3 Å². The van der Waals surface area contributed by atoms with Gasteiger partial charge in [-0.05, 0) is 42.7 Å². The molecule has 0 spiro atoms. The van der Waals surface area contributed by atoms with Crippen LogP contribution in [0.3, 0.4) is 0 Å². The molecule has 0 radical (unpaired) electrons. The summed E-state index contributed by atoms with van der Waals surface area (Å²) in [6.45, 7) is 0.881. The van der Waals surface area contributed by atoms with Crippen molar-refractivity contribution in [2.75, 3.05) is 13.7 Å². The molecule has 4 rings (SSSR count). The summed E-state index contributed by atoms with van der Waals surface area (Å²) in [6, 6.07) is 9.92. The van der Waals surface area contributed by atoms with Crippen molar-refractivity contribution in [3.63, 3.8) is 0 Å². The van der Waals surface area contributed by atoms with Crippen LogP contribution in [0.4, 0.5) is 13.6 Å². The molecule has 2 amide bonds. The zero-order valence-electron chi connectivity index (χ0n) is 16.3. The molecule has 2 heterocycles. The van der Waals surface area contributed by atoms with Crippen LogP contribution in [0.2, 0.25) is 0 Å². The number of nitrogens with one attached hydrogen (secondary N) is 1. The second kappa shape index (κ2) is 8.48. The van der Waals surface area contributed by atoms with Crippen LogP contribution >= 0.6 is 0 Å². The van der Waals surface area contributed by atoms with Crippen LogP contribution in [0, 0.1) is 11.6 Å². The average molecular weight is 414 g/mol. The third kappa shape index (κ3) is 4.10. The molecular formula is C21H20F2N4O3. The molecule has 7 nitrogen and oxygen atoms in total. The van der Waals surface area contributed by atoms with Crippen molar-refractivity contribution in [2.24, 2.45) is 0 Å². The van der Waals surface area contributed by atoms with Gasteiger partial charge in [0.25, 0.3) is 0 Å². The van der Waals surface area contributed by atoms with Crippen LogP contribution in [0.5, 0.6) is 5.75 Å². The van der Waals surface area contributed by atoms with E-state index >= 15 is 0 Å². The Labute approximate surface area is 171 Å². The molecule has 1 aliphatic rings. The summed E-state index contributed by atoms with van der Waals surface area (Å²) in [5.41, 5.74) is 0.948. The smallest absolute Gasteiger partial charge is 0.318 e. The van der Waals surface area contributed by atoms with Gasteiger partial charge < -0.3 is 19.5 Å². The third-order valence-corrected chi connectivity index (χ3v) is 4.99. The normalized spacial score (nSPS) is 16.0. The van der Waals surface area contributed by atoms with E-state index in [0.717, 1.165) is 24.1 Å². The van der Waals surface area contributed by atoms with E-state index in [-0.39, 0.29) is 23.3 Å². The first-order valence-electron chi connectivity index (χ1n) is 9.51. The summed E-state index contributed by atoms with van der Waals surface area (Å²) in [4.78, 5) is 18.6. The summed E-state index contributed by atoms with van der Waals surface area (Å²) in [5, 5.41) is 6.69. The fourth-order valence-electron chi connectivity index (χ4n) is 3.48. The molecule has 1 fully saturated rings. The number of rotatable bonds is 5. The lowest BCUT2D eigenvalue weighted by Gasteiger charge is -2.22. The Hall–Kier alpha value is -3.49. The largest absolute Gasteiger partial charge is 0.497 e. The molecule has 1 atom stereocenters. The summed E-state index contributed by atoms with van der Waals surface area (Å²) in [6.07, 6.45) is 1.43. The summed E-state index contributed by atoms with van der Waals surface area (Å²) < 4.78 is 37.6. The maximum Gasteiger partial charge on any atom is 0.318 e. The van der Waals surface area contributed by atoms with Gasteiger partial charge in [-0.2, -0.15) is 4.98 Å². The highest BCUT2D eigenvalue weighted by Gasteiger charge is 2.34. The number of methoxy groups -OCH3 is 1. The van der Waals surface area contributed by atoms with Gasteiger partial charge in [-0.1, -0.05) is 17.3 Å². The number of carbonyl (C=O) groups is 1. The Kier molecular flexibility index (Phi) is 5.60. The molecule has 0 aliphatic carbocycles. The molecule has 9 heteroatoms. The number of aromatic nitrogens is 2. The van der Waals surface area contributed by atoms with Crippen molar-refractivity contribution in [1.82, 2.24) is 20.4 Å². The lowest BCUT2D eigenvalue weighted by Crippen LogP contribution is -2.39. The number of hydrogen-bond donors (Lipinski definition) is 1. The van der Waals surface area contributed by atoms with E-state index in [1.54, 1.807) is 12.0 Å². The summed E-state index contributed by atoms with van der Waals surface area (Å²) >= 11 is 0. The number of urea groups is 1. The van der Waals surface area contributed by atoms with Gasteiger partial charge in [-0.3, -0.25) is 0 Å². The Morgan fingerprint density at radius 1 is 1.30 bits per heavy atom. The Bertz CT molecular complexity index is 1060. The summed E-state index contributed by atoms with van der Waals surface area (Å²) in [7, 11) is 1.59. The molecule has 1 unspecified atom stereocenters. The van der Waals surface area contributed by atoms with Crippen LogP contribution < -0.4 is 10.1 Å². The van der Waals surface area contributed by atoms with Gasteiger partial charge in [0.05, 0.1) is 12.7 Å². The predicted molar refractivity (Wildman–Crippen MR) is 104 cm³/mol. The van der Waals surface area contributed by atoms with Crippen molar-refractivity contribution >= 4 is 6.03 Å². The second-order valence-corrected chi connectivity index (χ2v) is 6.94. The zero-order chi connectivity index (χ0) is 21.1. The molecule has 156 valence electrons. The van der Waals surface area contributed by atoms with Gasteiger partial charge in [0.1, 0.15) is 23.4 Å². The van der Waals surface area contributed by atoms with E-state index in [9.17, 15) is 13.6 Å². The number of hydrogen-bond acceptors (Lipinski definition) is 5. The van der Waals surface area contributed by atoms with Crippen LogP contribution in [0.15, 0.2) is 47.0 Å². The molecule has 1 aromatic heterocycles. The minimum Gasteiger partial charge on any atom is -0.497 e. The van der Waals surface area contributed by atoms with Crippen molar-refractivity contribution in [2.45, 2.75) is 25.4 Å². The highest BCUT2D eigenvalue weighted by Crippen LogP contribution is 2.32. The molecular weight excluding hydrogens is 394 g/mol. The zero-order valence-corrected chi connectivity index (χ0v) is 16.3. The van der Waals surface area contributed by atoms with Gasteiger partial charge in [0.15, 0.2) is 0 Å². The van der Waals surface area contributed by atoms with E-state index in [1.807, 2.05) is 24.3 Å². The predicted octanol–water partition coefficient (Wildman–Crippen LogP) is 4.07. The van der Waals surface area contributed by atoms with Gasteiger partial charge in [0.2, 0.25) is 11.7 Å². The summed E-state index contributed by atoms with van der Waals surface area (Å²) in [5.74, 6) is -0.502. The lowest BCUT2D eigenvalue weighted by atomic mass is 10.2.